The van der Waals surface area contributed by atoms with Crippen molar-refractivity contribution in [3.63, 3.8) is 0 Å². The molecule has 0 aliphatic rings. The Bertz CT molecular complexity index is 742. The summed E-state index contributed by atoms with van der Waals surface area (Å²) in [7, 11) is -3.98. The fraction of sp³-hybridized carbons (Fsp3) is 0.0909. The van der Waals surface area contributed by atoms with Crippen LogP contribution in [0.4, 0.5) is 0 Å². The van der Waals surface area contributed by atoms with E-state index in [0.717, 1.165) is 16.2 Å². The van der Waals surface area contributed by atoms with Gasteiger partial charge in [-0.25, -0.2) is 17.9 Å². The van der Waals surface area contributed by atoms with Gasteiger partial charge in [0.25, 0.3) is 10.0 Å². The van der Waals surface area contributed by atoms with Gasteiger partial charge in [0.15, 0.2) is 5.03 Å². The molecule has 1 aromatic heterocycles. The second kappa shape index (κ2) is 5.73. The molecule has 0 bridgehead atoms. The Kier molecular flexibility index (Phi) is 4.21. The maximum atomic E-state index is 12.0. The zero-order valence-corrected chi connectivity index (χ0v) is 12.4. The number of sulfonamides is 1. The summed E-state index contributed by atoms with van der Waals surface area (Å²) in [5.74, 6) is -1.36. The summed E-state index contributed by atoms with van der Waals surface area (Å²) < 4.78 is 27.2. The third-order valence-electron chi connectivity index (χ3n) is 2.51. The summed E-state index contributed by atoms with van der Waals surface area (Å²) in [6.45, 7) is 0.0296. The first-order valence-electron chi connectivity index (χ1n) is 5.41. The van der Waals surface area contributed by atoms with Crippen molar-refractivity contribution in [1.82, 2.24) is 14.9 Å². The number of aromatic nitrogens is 2. The quantitative estimate of drug-likeness (QED) is 0.745. The summed E-state index contributed by atoms with van der Waals surface area (Å²) in [5, 5.41) is 14.1. The Hall–Kier alpha value is -1.71. The van der Waals surface area contributed by atoms with Gasteiger partial charge in [-0.1, -0.05) is 34.1 Å². The monoisotopic (exact) mass is 359 g/mol. The smallest absolute Gasteiger partial charge is 0.340 e. The number of halogens is 1. The van der Waals surface area contributed by atoms with Gasteiger partial charge in [0, 0.05) is 11.0 Å². The van der Waals surface area contributed by atoms with Gasteiger partial charge in [0.2, 0.25) is 0 Å². The van der Waals surface area contributed by atoms with Crippen LogP contribution in [0.5, 0.6) is 0 Å². The highest BCUT2D eigenvalue weighted by Gasteiger charge is 2.24. The molecule has 0 aliphatic heterocycles. The van der Waals surface area contributed by atoms with Crippen LogP contribution in [0.3, 0.4) is 0 Å². The van der Waals surface area contributed by atoms with Crippen LogP contribution in [-0.2, 0) is 16.6 Å². The Labute approximate surface area is 123 Å². The average molecular weight is 360 g/mol. The second-order valence-electron chi connectivity index (χ2n) is 3.83. The van der Waals surface area contributed by atoms with Gasteiger partial charge < -0.3 is 5.11 Å². The largest absolute Gasteiger partial charge is 0.478 e. The molecule has 106 valence electrons. The van der Waals surface area contributed by atoms with Gasteiger partial charge in [-0.3, -0.25) is 5.10 Å². The molecule has 0 amide bonds. The first kappa shape index (κ1) is 14.7. The Morgan fingerprint density at radius 2 is 2.10 bits per heavy atom. The van der Waals surface area contributed by atoms with E-state index in [9.17, 15) is 13.2 Å². The van der Waals surface area contributed by atoms with Crippen LogP contribution in [-0.4, -0.2) is 29.7 Å². The molecule has 9 heteroatoms. The third kappa shape index (κ3) is 3.06. The number of aromatic amines is 1. The zero-order valence-electron chi connectivity index (χ0n) is 10.00. The van der Waals surface area contributed by atoms with Crippen molar-refractivity contribution in [3.8, 4) is 0 Å². The fourth-order valence-corrected chi connectivity index (χ4v) is 3.04. The molecule has 1 heterocycles. The molecular weight excluding hydrogens is 350 g/mol. The van der Waals surface area contributed by atoms with Gasteiger partial charge in [-0.2, -0.15) is 5.10 Å². The minimum Gasteiger partial charge on any atom is -0.478 e. The van der Waals surface area contributed by atoms with E-state index in [1.54, 1.807) is 24.3 Å². The minimum absolute atomic E-state index is 0.0296. The minimum atomic E-state index is -3.98. The standard InChI is InChI=1S/C11H10BrN3O4S/c12-9-4-2-1-3-7(9)5-14-20(18,19)10-8(11(16)17)6-13-15-10/h1-4,6,14H,5H2,(H,13,15)(H,16,17). The number of hydrogen-bond donors (Lipinski definition) is 3. The second-order valence-corrected chi connectivity index (χ2v) is 6.39. The van der Waals surface area contributed by atoms with Crippen LogP contribution in [0, 0.1) is 0 Å². The van der Waals surface area contributed by atoms with E-state index < -0.39 is 26.6 Å². The van der Waals surface area contributed by atoms with Crippen molar-refractivity contribution in [1.29, 1.82) is 0 Å². The van der Waals surface area contributed by atoms with Gasteiger partial charge in [-0.05, 0) is 11.6 Å². The van der Waals surface area contributed by atoms with Gasteiger partial charge >= 0.3 is 5.97 Å². The first-order chi connectivity index (χ1) is 9.42. The summed E-state index contributed by atoms with van der Waals surface area (Å²) >= 11 is 3.30. The normalized spacial score (nSPS) is 11.4. The van der Waals surface area contributed by atoms with Crippen LogP contribution in [0.25, 0.3) is 0 Å². The van der Waals surface area contributed by atoms with Crippen molar-refractivity contribution in [2.45, 2.75) is 11.6 Å². The number of H-pyrrole nitrogens is 1. The van der Waals surface area contributed by atoms with E-state index in [1.165, 1.54) is 0 Å². The van der Waals surface area contributed by atoms with Gasteiger partial charge in [-0.15, -0.1) is 0 Å². The number of rotatable bonds is 5. The van der Waals surface area contributed by atoms with Crippen molar-refractivity contribution >= 4 is 31.9 Å². The molecule has 0 fully saturated rings. The van der Waals surface area contributed by atoms with E-state index in [1.807, 2.05) is 0 Å². The third-order valence-corrected chi connectivity index (χ3v) is 4.66. The van der Waals surface area contributed by atoms with E-state index in [0.29, 0.717) is 0 Å². The maximum absolute atomic E-state index is 12.0. The molecule has 0 atom stereocenters. The van der Waals surface area contributed by atoms with E-state index in [-0.39, 0.29) is 6.54 Å². The van der Waals surface area contributed by atoms with Gasteiger partial charge in [0.1, 0.15) is 5.56 Å². The van der Waals surface area contributed by atoms with Crippen molar-refractivity contribution < 1.29 is 18.3 Å². The Morgan fingerprint density at radius 1 is 1.40 bits per heavy atom. The molecule has 2 rings (SSSR count). The molecule has 20 heavy (non-hydrogen) atoms. The first-order valence-corrected chi connectivity index (χ1v) is 7.69. The molecule has 1 aromatic carbocycles. The topological polar surface area (TPSA) is 112 Å². The predicted molar refractivity (Wildman–Crippen MR) is 73.7 cm³/mol. The molecular formula is C11H10BrN3O4S. The molecule has 3 N–H and O–H groups in total. The highest BCUT2D eigenvalue weighted by atomic mass is 79.9. The summed E-state index contributed by atoms with van der Waals surface area (Å²) in [6.07, 6.45) is 0.954. The molecule has 0 unspecified atom stereocenters. The maximum Gasteiger partial charge on any atom is 0.340 e. The highest BCUT2D eigenvalue weighted by Crippen LogP contribution is 2.17. The van der Waals surface area contributed by atoms with Crippen LogP contribution in [0.1, 0.15) is 15.9 Å². The fourth-order valence-electron chi connectivity index (χ4n) is 1.52. The lowest BCUT2D eigenvalue weighted by Gasteiger charge is -2.07. The lowest BCUT2D eigenvalue weighted by molar-refractivity contribution is 0.0692. The van der Waals surface area contributed by atoms with Crippen LogP contribution in [0.15, 0.2) is 40.0 Å². The lowest BCUT2D eigenvalue weighted by Crippen LogP contribution is -2.25. The molecule has 0 spiro atoms. The molecule has 0 saturated carbocycles. The Balaban J connectivity index is 2.22. The van der Waals surface area contributed by atoms with E-state index >= 15 is 0 Å². The lowest BCUT2D eigenvalue weighted by atomic mass is 10.2. The number of nitrogens with one attached hydrogen (secondary N) is 2. The summed E-state index contributed by atoms with van der Waals surface area (Å²) in [4.78, 5) is 10.9. The number of aromatic carboxylic acids is 1. The average Bonchev–Trinajstić information content (AvgIpc) is 2.88. The van der Waals surface area contributed by atoms with Crippen LogP contribution >= 0.6 is 15.9 Å². The van der Waals surface area contributed by atoms with Crippen LogP contribution < -0.4 is 4.72 Å². The summed E-state index contributed by atoms with van der Waals surface area (Å²) in [5.41, 5.74) is 0.331. The molecule has 0 saturated heterocycles. The van der Waals surface area contributed by atoms with Crippen molar-refractivity contribution in [3.05, 3.63) is 46.1 Å². The number of benzene rings is 1. The highest BCUT2D eigenvalue weighted by molar-refractivity contribution is 9.10. The molecule has 0 radical (unpaired) electrons. The van der Waals surface area contributed by atoms with Crippen molar-refractivity contribution in [2.24, 2.45) is 0 Å². The number of hydrogen-bond acceptors (Lipinski definition) is 4. The SMILES string of the molecule is O=C(O)c1cn[nH]c1S(=O)(=O)NCc1ccccc1Br. The molecule has 0 aliphatic carbocycles. The van der Waals surface area contributed by atoms with Crippen LogP contribution in [0.2, 0.25) is 0 Å². The van der Waals surface area contributed by atoms with Gasteiger partial charge in [0.05, 0.1) is 6.20 Å². The van der Waals surface area contributed by atoms with E-state index in [4.69, 9.17) is 5.11 Å². The predicted octanol–water partition coefficient (Wildman–Crippen LogP) is 1.35. The number of nitrogens with zero attached hydrogens (tertiary/aromatic N) is 1. The number of carboxylic acid groups (broad SMARTS) is 1. The Morgan fingerprint density at radius 3 is 2.75 bits per heavy atom. The number of carbonyl (C=O) groups is 1. The zero-order chi connectivity index (χ0) is 14.8. The number of carboxylic acids is 1. The summed E-state index contributed by atoms with van der Waals surface area (Å²) in [6, 6.07) is 7.10. The van der Waals surface area contributed by atoms with E-state index in [2.05, 4.69) is 30.8 Å². The molecule has 7 nitrogen and oxygen atoms in total. The van der Waals surface area contributed by atoms with Crippen molar-refractivity contribution in [2.75, 3.05) is 0 Å². The molecule has 2 aromatic rings.